The fraction of sp³-hybridized carbons (Fsp3) is 0.909. The first-order valence-corrected chi connectivity index (χ1v) is 6.03. The van der Waals surface area contributed by atoms with E-state index in [9.17, 15) is 4.79 Å². The number of carbonyl (C=O) groups is 1. The zero-order chi connectivity index (χ0) is 11.5. The van der Waals surface area contributed by atoms with Gasteiger partial charge in [0.05, 0.1) is 0 Å². The summed E-state index contributed by atoms with van der Waals surface area (Å²) in [5.74, 6) is 0.499. The Morgan fingerprint density at radius 3 is 2.67 bits per heavy atom. The summed E-state index contributed by atoms with van der Waals surface area (Å²) in [5, 5.41) is 0. The van der Waals surface area contributed by atoms with Crippen LogP contribution in [0.3, 0.4) is 0 Å². The van der Waals surface area contributed by atoms with Gasteiger partial charge in [-0.15, -0.1) is 11.6 Å². The largest absolute Gasteiger partial charge is 0.444 e. The lowest BCUT2D eigenvalue weighted by atomic mass is 10.0. The van der Waals surface area contributed by atoms with Gasteiger partial charge in [-0.25, -0.2) is 4.79 Å². The molecule has 0 aliphatic carbocycles. The van der Waals surface area contributed by atoms with Crippen LogP contribution in [-0.2, 0) is 4.74 Å². The summed E-state index contributed by atoms with van der Waals surface area (Å²) in [6.45, 7) is 6.41. The van der Waals surface area contributed by atoms with Crippen LogP contribution < -0.4 is 0 Å². The smallest absolute Gasteiger partial charge is 0.410 e. The van der Waals surface area contributed by atoms with Gasteiger partial charge in [-0.2, -0.15) is 0 Å². The van der Waals surface area contributed by atoms with Crippen molar-refractivity contribution in [2.24, 2.45) is 0 Å². The molecular weight excluding hydrogens is 214 g/mol. The highest BCUT2D eigenvalue weighted by Gasteiger charge is 2.29. The van der Waals surface area contributed by atoms with E-state index in [0.29, 0.717) is 5.88 Å². The second kappa shape index (κ2) is 5.06. The first-order valence-electron chi connectivity index (χ1n) is 5.49. The van der Waals surface area contributed by atoms with Crippen molar-refractivity contribution in [1.82, 2.24) is 4.90 Å². The third-order valence-electron chi connectivity index (χ3n) is 2.43. The van der Waals surface area contributed by atoms with E-state index in [1.165, 1.54) is 0 Å². The lowest BCUT2D eigenvalue weighted by Crippen LogP contribution is -2.46. The minimum atomic E-state index is -0.425. The molecule has 0 radical (unpaired) electrons. The molecule has 1 amide bonds. The Balaban J connectivity index is 2.56. The molecule has 0 aromatic rings. The molecule has 1 saturated heterocycles. The Morgan fingerprint density at radius 2 is 2.13 bits per heavy atom. The Bertz CT molecular complexity index is 225. The van der Waals surface area contributed by atoms with Gasteiger partial charge in [-0.05, 0) is 40.0 Å². The summed E-state index contributed by atoms with van der Waals surface area (Å²) in [6, 6.07) is 0.148. The summed E-state index contributed by atoms with van der Waals surface area (Å²) in [4.78, 5) is 13.6. The zero-order valence-electron chi connectivity index (χ0n) is 9.75. The number of halogens is 1. The summed E-state index contributed by atoms with van der Waals surface area (Å²) in [5.41, 5.74) is -0.425. The van der Waals surface area contributed by atoms with Crippen LogP contribution in [-0.4, -0.2) is 35.1 Å². The topological polar surface area (TPSA) is 29.5 Å². The van der Waals surface area contributed by atoms with Crippen LogP contribution in [0.5, 0.6) is 0 Å². The quantitative estimate of drug-likeness (QED) is 0.652. The van der Waals surface area contributed by atoms with Crippen molar-refractivity contribution in [2.75, 3.05) is 12.4 Å². The minimum absolute atomic E-state index is 0.148. The van der Waals surface area contributed by atoms with Gasteiger partial charge in [0, 0.05) is 18.5 Å². The van der Waals surface area contributed by atoms with Crippen molar-refractivity contribution < 1.29 is 9.53 Å². The van der Waals surface area contributed by atoms with Gasteiger partial charge in [0.15, 0.2) is 0 Å². The molecule has 1 heterocycles. The summed E-state index contributed by atoms with van der Waals surface area (Å²) in [7, 11) is 0. The molecule has 1 rings (SSSR count). The fourth-order valence-electron chi connectivity index (χ4n) is 1.72. The van der Waals surface area contributed by atoms with Crippen LogP contribution in [0.15, 0.2) is 0 Å². The van der Waals surface area contributed by atoms with Crippen molar-refractivity contribution >= 4 is 17.7 Å². The van der Waals surface area contributed by atoms with E-state index in [0.717, 1.165) is 25.8 Å². The fourth-order valence-corrected chi connectivity index (χ4v) is 2.04. The van der Waals surface area contributed by atoms with Crippen LogP contribution in [0.25, 0.3) is 0 Å². The monoisotopic (exact) mass is 233 g/mol. The number of nitrogens with zero attached hydrogens (tertiary/aromatic N) is 1. The summed E-state index contributed by atoms with van der Waals surface area (Å²) < 4.78 is 5.34. The molecule has 0 aromatic carbocycles. The maximum atomic E-state index is 11.8. The molecule has 15 heavy (non-hydrogen) atoms. The van der Waals surface area contributed by atoms with Crippen molar-refractivity contribution in [3.63, 3.8) is 0 Å². The van der Waals surface area contributed by atoms with E-state index in [4.69, 9.17) is 16.3 Å². The number of likely N-dealkylation sites (tertiary alicyclic amines) is 1. The van der Waals surface area contributed by atoms with Gasteiger partial charge in [0.25, 0.3) is 0 Å². The third-order valence-corrected chi connectivity index (χ3v) is 2.79. The van der Waals surface area contributed by atoms with Gasteiger partial charge < -0.3 is 9.64 Å². The molecular formula is C11H20ClNO2. The molecule has 88 valence electrons. The van der Waals surface area contributed by atoms with Crippen LogP contribution in [0, 0.1) is 0 Å². The minimum Gasteiger partial charge on any atom is -0.444 e. The maximum Gasteiger partial charge on any atom is 0.410 e. The lowest BCUT2D eigenvalue weighted by Gasteiger charge is -2.35. The molecule has 1 aliphatic rings. The van der Waals surface area contributed by atoms with Crippen LogP contribution in [0.1, 0.15) is 40.0 Å². The molecule has 0 spiro atoms. The summed E-state index contributed by atoms with van der Waals surface area (Å²) >= 11 is 5.84. The second-order valence-electron chi connectivity index (χ2n) is 4.98. The molecule has 0 saturated carbocycles. The number of ether oxygens (including phenoxy) is 1. The highest BCUT2D eigenvalue weighted by molar-refractivity contribution is 6.18. The van der Waals surface area contributed by atoms with Crippen molar-refractivity contribution in [3.8, 4) is 0 Å². The molecule has 3 nitrogen and oxygen atoms in total. The van der Waals surface area contributed by atoms with Crippen molar-refractivity contribution in [1.29, 1.82) is 0 Å². The average molecular weight is 234 g/mol. The molecule has 0 N–H and O–H groups in total. The van der Waals surface area contributed by atoms with E-state index >= 15 is 0 Å². The summed E-state index contributed by atoms with van der Waals surface area (Å²) in [6.07, 6.45) is 2.96. The Labute approximate surface area is 96.7 Å². The van der Waals surface area contributed by atoms with Gasteiger partial charge in [0.1, 0.15) is 5.60 Å². The molecule has 1 atom stereocenters. The maximum absolute atomic E-state index is 11.8. The normalized spacial score (nSPS) is 22.7. The van der Waals surface area contributed by atoms with Crippen LogP contribution in [0.2, 0.25) is 0 Å². The molecule has 4 heteroatoms. The van der Waals surface area contributed by atoms with Gasteiger partial charge in [0.2, 0.25) is 0 Å². The number of amides is 1. The Hall–Kier alpha value is -0.440. The number of alkyl halides is 1. The van der Waals surface area contributed by atoms with Crippen LogP contribution >= 0.6 is 11.6 Å². The predicted octanol–water partition coefficient (Wildman–Crippen LogP) is 3.01. The van der Waals surface area contributed by atoms with Crippen LogP contribution in [0.4, 0.5) is 4.79 Å². The van der Waals surface area contributed by atoms with Crippen molar-refractivity contribution in [3.05, 3.63) is 0 Å². The van der Waals surface area contributed by atoms with Gasteiger partial charge >= 0.3 is 6.09 Å². The van der Waals surface area contributed by atoms with Gasteiger partial charge in [-0.3, -0.25) is 0 Å². The number of hydrogen-bond acceptors (Lipinski definition) is 2. The zero-order valence-corrected chi connectivity index (χ0v) is 10.5. The lowest BCUT2D eigenvalue weighted by molar-refractivity contribution is 0.0124. The molecule has 1 aliphatic heterocycles. The van der Waals surface area contributed by atoms with E-state index in [-0.39, 0.29) is 12.1 Å². The molecule has 0 unspecified atom stereocenters. The molecule has 0 bridgehead atoms. The number of rotatable bonds is 1. The third kappa shape index (κ3) is 3.90. The highest BCUT2D eigenvalue weighted by Crippen LogP contribution is 2.20. The SMILES string of the molecule is CC(C)(C)OC(=O)N1CCCC[C@H]1CCl. The standard InChI is InChI=1S/C11H20ClNO2/c1-11(2,3)15-10(14)13-7-5-4-6-9(13)8-12/h9H,4-8H2,1-3H3/t9-/m0/s1. The van der Waals surface area contributed by atoms with Gasteiger partial charge in [-0.1, -0.05) is 0 Å². The molecule has 0 aromatic heterocycles. The number of hydrogen-bond donors (Lipinski definition) is 0. The first kappa shape index (κ1) is 12.6. The van der Waals surface area contributed by atoms with E-state index < -0.39 is 5.60 Å². The first-order chi connectivity index (χ1) is 6.94. The number of carbonyl (C=O) groups excluding carboxylic acids is 1. The molecule has 1 fully saturated rings. The van der Waals surface area contributed by atoms with E-state index in [1.54, 1.807) is 4.90 Å². The van der Waals surface area contributed by atoms with Crippen molar-refractivity contribution in [2.45, 2.75) is 51.7 Å². The van der Waals surface area contributed by atoms with E-state index in [2.05, 4.69) is 0 Å². The highest BCUT2D eigenvalue weighted by atomic mass is 35.5. The van der Waals surface area contributed by atoms with E-state index in [1.807, 2.05) is 20.8 Å². The predicted molar refractivity (Wildman–Crippen MR) is 61.3 cm³/mol. The number of piperidine rings is 1. The second-order valence-corrected chi connectivity index (χ2v) is 5.29. The Morgan fingerprint density at radius 1 is 1.47 bits per heavy atom. The average Bonchev–Trinajstić information content (AvgIpc) is 2.15. The Kier molecular flexibility index (Phi) is 4.26.